The molecule has 6 heteroatoms. The van der Waals surface area contributed by atoms with Crippen LogP contribution in [0.2, 0.25) is 0 Å². The Kier molecular flexibility index (Phi) is 7.17. The Bertz CT molecular complexity index is 206. The van der Waals surface area contributed by atoms with Crippen LogP contribution < -0.4 is 0 Å². The molecular weight excluding hydrogens is 332 g/mol. The van der Waals surface area contributed by atoms with Gasteiger partial charge in [0.2, 0.25) is 0 Å². The van der Waals surface area contributed by atoms with Gasteiger partial charge in [0, 0.05) is 10.7 Å². The third-order valence-corrected chi connectivity index (χ3v) is 2.99. The minimum absolute atomic E-state index is 0.359. The summed E-state index contributed by atoms with van der Waals surface area (Å²) in [4.78, 5) is 23.3. The lowest BCUT2D eigenvalue weighted by Gasteiger charge is -2.26. The van der Waals surface area contributed by atoms with Gasteiger partial charge in [0.05, 0.1) is 14.2 Å². The van der Waals surface area contributed by atoms with Crippen LogP contribution in [0.4, 0.5) is 0 Å². The molecular formula is C9H14Br2O4. The lowest BCUT2D eigenvalue weighted by atomic mass is 9.82. The Hall–Kier alpha value is -0.100. The highest BCUT2D eigenvalue weighted by atomic mass is 79.9. The van der Waals surface area contributed by atoms with Gasteiger partial charge in [-0.1, -0.05) is 31.9 Å². The van der Waals surface area contributed by atoms with Crippen molar-refractivity contribution in [2.75, 3.05) is 24.9 Å². The van der Waals surface area contributed by atoms with Gasteiger partial charge in [0.1, 0.15) is 0 Å². The van der Waals surface area contributed by atoms with Crippen LogP contribution in [0.3, 0.4) is 0 Å². The predicted octanol–water partition coefficient (Wildman–Crippen LogP) is 1.89. The summed E-state index contributed by atoms with van der Waals surface area (Å²) >= 11 is 6.44. The van der Waals surface area contributed by atoms with Gasteiger partial charge >= 0.3 is 11.9 Å². The molecule has 0 radical (unpaired) electrons. The number of hydrogen-bond acceptors (Lipinski definition) is 4. The molecule has 0 saturated carbocycles. The van der Waals surface area contributed by atoms with Gasteiger partial charge in [-0.2, -0.15) is 0 Å². The fourth-order valence-electron chi connectivity index (χ4n) is 1.33. The highest BCUT2D eigenvalue weighted by molar-refractivity contribution is 9.09. The number of hydrogen-bond donors (Lipinski definition) is 0. The largest absolute Gasteiger partial charge is 0.468 e. The van der Waals surface area contributed by atoms with E-state index in [9.17, 15) is 9.59 Å². The molecule has 0 aromatic rings. The van der Waals surface area contributed by atoms with Crippen LogP contribution in [0.15, 0.2) is 0 Å². The molecule has 0 aliphatic carbocycles. The van der Waals surface area contributed by atoms with Gasteiger partial charge in [-0.3, -0.25) is 9.59 Å². The van der Waals surface area contributed by atoms with Crippen molar-refractivity contribution >= 4 is 43.8 Å². The van der Waals surface area contributed by atoms with E-state index >= 15 is 0 Å². The molecule has 15 heavy (non-hydrogen) atoms. The molecule has 0 unspecified atom stereocenters. The summed E-state index contributed by atoms with van der Waals surface area (Å²) in [6, 6.07) is 0. The second-order valence-corrected chi connectivity index (χ2v) is 4.53. The zero-order valence-corrected chi connectivity index (χ0v) is 11.9. The van der Waals surface area contributed by atoms with Gasteiger partial charge in [-0.05, 0) is 12.8 Å². The van der Waals surface area contributed by atoms with E-state index in [1.165, 1.54) is 14.2 Å². The Balaban J connectivity index is 5.05. The van der Waals surface area contributed by atoms with Crippen LogP contribution in [0.1, 0.15) is 12.8 Å². The molecule has 0 aromatic heterocycles. The number of esters is 2. The first kappa shape index (κ1) is 14.9. The van der Waals surface area contributed by atoms with E-state index in [0.717, 1.165) is 0 Å². The maximum Gasteiger partial charge on any atom is 0.323 e. The molecule has 0 aliphatic rings. The number of rotatable bonds is 6. The Morgan fingerprint density at radius 2 is 1.33 bits per heavy atom. The number of carbonyl (C=O) groups is 2. The van der Waals surface area contributed by atoms with Gasteiger partial charge in [-0.15, -0.1) is 0 Å². The highest BCUT2D eigenvalue weighted by Gasteiger charge is 2.47. The molecule has 0 N–H and O–H groups in total. The first-order valence-corrected chi connectivity index (χ1v) is 6.62. The fourth-order valence-corrected chi connectivity index (χ4v) is 2.68. The molecule has 0 amide bonds. The second kappa shape index (κ2) is 7.22. The Morgan fingerprint density at radius 1 is 1.00 bits per heavy atom. The summed E-state index contributed by atoms with van der Waals surface area (Å²) in [5, 5.41) is 1.06. The Labute approximate surface area is 106 Å². The van der Waals surface area contributed by atoms with Crippen molar-refractivity contribution < 1.29 is 19.1 Å². The topological polar surface area (TPSA) is 52.6 Å². The van der Waals surface area contributed by atoms with Gasteiger partial charge in [-0.25, -0.2) is 0 Å². The Morgan fingerprint density at radius 3 is 1.53 bits per heavy atom. The number of carbonyl (C=O) groups excluding carboxylic acids is 2. The minimum atomic E-state index is -1.20. The van der Waals surface area contributed by atoms with E-state index in [1.807, 2.05) is 0 Å². The summed E-state index contributed by atoms with van der Waals surface area (Å²) in [5.74, 6) is -1.10. The number of methoxy groups -OCH3 is 2. The quantitative estimate of drug-likeness (QED) is 0.419. The van der Waals surface area contributed by atoms with Crippen LogP contribution in [-0.2, 0) is 19.1 Å². The zero-order valence-electron chi connectivity index (χ0n) is 8.72. The summed E-state index contributed by atoms with van der Waals surface area (Å²) in [6.07, 6.45) is 0.718. The molecule has 0 aliphatic heterocycles. The standard InChI is InChI=1S/C9H14Br2O4/c1-14-7(12)9(3-5-10,4-6-11)8(13)15-2/h3-6H2,1-2H3. The smallest absolute Gasteiger partial charge is 0.323 e. The average molecular weight is 346 g/mol. The average Bonchev–Trinajstić information content (AvgIpc) is 2.26. The maximum atomic E-state index is 11.6. The zero-order chi connectivity index (χ0) is 11.9. The third kappa shape index (κ3) is 3.45. The monoisotopic (exact) mass is 344 g/mol. The number of alkyl halides is 2. The van der Waals surface area contributed by atoms with Gasteiger partial charge in [0.15, 0.2) is 5.41 Å². The van der Waals surface area contributed by atoms with Crippen molar-refractivity contribution in [3.63, 3.8) is 0 Å². The first-order chi connectivity index (χ1) is 7.08. The van der Waals surface area contributed by atoms with Crippen LogP contribution >= 0.6 is 31.9 Å². The summed E-state index contributed by atoms with van der Waals surface area (Å²) < 4.78 is 9.32. The van der Waals surface area contributed by atoms with Crippen LogP contribution in [-0.4, -0.2) is 36.8 Å². The lowest BCUT2D eigenvalue weighted by Crippen LogP contribution is -2.42. The number of halogens is 2. The molecule has 0 atom stereocenters. The molecule has 0 heterocycles. The third-order valence-electron chi connectivity index (χ3n) is 2.19. The van der Waals surface area contributed by atoms with E-state index in [4.69, 9.17) is 0 Å². The highest BCUT2D eigenvalue weighted by Crippen LogP contribution is 2.31. The molecule has 0 saturated heterocycles. The van der Waals surface area contributed by atoms with Crippen LogP contribution in [0.5, 0.6) is 0 Å². The number of ether oxygens (including phenoxy) is 2. The second-order valence-electron chi connectivity index (χ2n) is 2.94. The predicted molar refractivity (Wildman–Crippen MR) is 63.3 cm³/mol. The van der Waals surface area contributed by atoms with Crippen molar-refractivity contribution in [2.24, 2.45) is 5.41 Å². The maximum absolute atomic E-state index is 11.6. The van der Waals surface area contributed by atoms with Gasteiger partial charge in [0.25, 0.3) is 0 Å². The lowest BCUT2D eigenvalue weighted by molar-refractivity contribution is -0.169. The molecule has 4 nitrogen and oxygen atoms in total. The van der Waals surface area contributed by atoms with E-state index in [2.05, 4.69) is 41.3 Å². The molecule has 0 fully saturated rings. The summed E-state index contributed by atoms with van der Waals surface area (Å²) in [6.45, 7) is 0. The molecule has 0 aromatic carbocycles. The van der Waals surface area contributed by atoms with Crippen molar-refractivity contribution in [3.05, 3.63) is 0 Å². The normalized spacial score (nSPS) is 10.9. The van der Waals surface area contributed by atoms with Crippen molar-refractivity contribution in [2.45, 2.75) is 12.8 Å². The molecule has 0 bridgehead atoms. The molecule has 88 valence electrons. The van der Waals surface area contributed by atoms with E-state index in [0.29, 0.717) is 23.5 Å². The SMILES string of the molecule is COC(=O)C(CCBr)(CCBr)C(=O)OC. The van der Waals surface area contributed by atoms with Crippen LogP contribution in [0, 0.1) is 5.41 Å². The fraction of sp³-hybridized carbons (Fsp3) is 0.778. The minimum Gasteiger partial charge on any atom is -0.468 e. The van der Waals surface area contributed by atoms with Crippen LogP contribution in [0.25, 0.3) is 0 Å². The van der Waals surface area contributed by atoms with E-state index in [1.54, 1.807) is 0 Å². The van der Waals surface area contributed by atoms with Crippen molar-refractivity contribution in [1.82, 2.24) is 0 Å². The first-order valence-electron chi connectivity index (χ1n) is 4.37. The van der Waals surface area contributed by atoms with E-state index < -0.39 is 17.4 Å². The van der Waals surface area contributed by atoms with Crippen molar-refractivity contribution in [1.29, 1.82) is 0 Å². The summed E-state index contributed by atoms with van der Waals surface area (Å²) in [5.41, 5.74) is -1.20. The summed E-state index contributed by atoms with van der Waals surface area (Å²) in [7, 11) is 2.53. The van der Waals surface area contributed by atoms with Gasteiger partial charge < -0.3 is 9.47 Å². The van der Waals surface area contributed by atoms with Crippen molar-refractivity contribution in [3.8, 4) is 0 Å². The molecule has 0 spiro atoms. The van der Waals surface area contributed by atoms with E-state index in [-0.39, 0.29) is 0 Å². The molecule has 0 rings (SSSR count).